The molecule has 13 heteroatoms. The van der Waals surface area contributed by atoms with Gasteiger partial charge in [-0.2, -0.15) is 13.9 Å². The normalized spacial score (nSPS) is 14.9. The zero-order valence-electron chi connectivity index (χ0n) is 35.2. The molecule has 0 aromatic carbocycles. The van der Waals surface area contributed by atoms with Crippen LogP contribution in [0, 0.1) is 5.92 Å². The molecule has 1 rings (SSSR count). The molecule has 0 saturated heterocycles. The Morgan fingerprint density at radius 1 is 0.625 bits per heavy atom. The summed E-state index contributed by atoms with van der Waals surface area (Å²) in [5.74, 6) is -3.99. The number of hydrogen-bond acceptors (Lipinski definition) is 11. The Balaban J connectivity index is 2.39. The molecule has 0 heterocycles. The topological polar surface area (TPSA) is 178 Å². The lowest BCUT2D eigenvalue weighted by atomic mass is 10.0. The molecule has 1 saturated carbocycles. The van der Waals surface area contributed by atoms with Gasteiger partial charge in [0.25, 0.3) is 0 Å². The monoisotopic (exact) mass is 816 g/mol. The summed E-state index contributed by atoms with van der Waals surface area (Å²) in [6, 6.07) is 0. The van der Waals surface area contributed by atoms with Crippen LogP contribution < -0.4 is 10.2 Å². The highest BCUT2D eigenvalue weighted by Gasteiger charge is 2.38. The van der Waals surface area contributed by atoms with Crippen LogP contribution in [0.15, 0.2) is 0 Å². The number of ketones is 2. The number of amides is 1. The van der Waals surface area contributed by atoms with Gasteiger partial charge in [-0.15, -0.1) is 0 Å². The van der Waals surface area contributed by atoms with E-state index < -0.39 is 62.8 Å². The second kappa shape index (κ2) is 35.0. The maximum Gasteiger partial charge on any atom is 0.377 e. The first-order chi connectivity index (χ1) is 27.1. The second-order valence-corrected chi connectivity index (χ2v) is 17.0. The Morgan fingerprint density at radius 3 is 1.45 bits per heavy atom. The van der Waals surface area contributed by atoms with Gasteiger partial charge in [0, 0.05) is 32.2 Å². The summed E-state index contributed by atoms with van der Waals surface area (Å²) >= 11 is 0. The fourth-order valence-electron chi connectivity index (χ4n) is 6.85. The lowest BCUT2D eigenvalue weighted by molar-refractivity contribution is -0.245. The Kier molecular flexibility index (Phi) is 32.5. The van der Waals surface area contributed by atoms with Crippen LogP contribution in [-0.4, -0.2) is 66.8 Å². The third-order valence-corrected chi connectivity index (χ3v) is 11.3. The average molecular weight is 816 g/mol. The predicted octanol–water partition coefficient (Wildman–Crippen LogP) is 9.13. The molecule has 0 radical (unpaired) electrons. The molecular formula is C43H78NO11P. The van der Waals surface area contributed by atoms with Crippen molar-refractivity contribution in [2.45, 2.75) is 213 Å². The van der Waals surface area contributed by atoms with Gasteiger partial charge in [0.15, 0.2) is 23.6 Å². The van der Waals surface area contributed by atoms with Crippen molar-refractivity contribution in [1.29, 1.82) is 0 Å². The number of hydrogen-bond donors (Lipinski definition) is 2. The number of phosphoric acid groups is 1. The van der Waals surface area contributed by atoms with Crippen molar-refractivity contribution < 1.29 is 52.3 Å². The van der Waals surface area contributed by atoms with Gasteiger partial charge in [-0.25, -0.2) is 0 Å². The maximum absolute atomic E-state index is 12.7. The van der Waals surface area contributed by atoms with Crippen molar-refractivity contribution in [2.75, 3.05) is 26.4 Å². The SMILES string of the molecule is CCCCCCCCCCCCCCCC(=O)OCC(CO[P+]([O-])(O)OCCNC(=O)C1C(=O)CCC1=O)OC(=O)CCCCCCCCCCCCCCC. The Hall–Kier alpha value is -1.98. The molecule has 1 amide bonds. The molecule has 1 aliphatic rings. The number of nitrogens with one attached hydrogen (secondary N) is 1. The number of esters is 2. The molecule has 12 nitrogen and oxygen atoms in total. The fourth-order valence-corrected chi connectivity index (χ4v) is 7.60. The Labute approximate surface area is 339 Å². The van der Waals surface area contributed by atoms with Crippen LogP contribution >= 0.6 is 8.17 Å². The minimum absolute atomic E-state index is 0.0208. The minimum atomic E-state index is -4.66. The summed E-state index contributed by atoms with van der Waals surface area (Å²) in [5, 5.41) is 2.36. The first-order valence-corrected chi connectivity index (χ1v) is 23.9. The van der Waals surface area contributed by atoms with E-state index in [1.807, 2.05) is 0 Å². The molecule has 2 unspecified atom stereocenters. The van der Waals surface area contributed by atoms with Crippen molar-refractivity contribution >= 4 is 37.6 Å². The third kappa shape index (κ3) is 29.3. The Bertz CT molecular complexity index is 1040. The van der Waals surface area contributed by atoms with E-state index >= 15 is 0 Å². The van der Waals surface area contributed by atoms with Crippen molar-refractivity contribution in [3.63, 3.8) is 0 Å². The van der Waals surface area contributed by atoms with Crippen LogP contribution in [-0.2, 0) is 42.5 Å². The molecule has 0 aliphatic heterocycles. The zero-order valence-corrected chi connectivity index (χ0v) is 36.1. The van der Waals surface area contributed by atoms with E-state index in [4.69, 9.17) is 18.5 Å². The summed E-state index contributed by atoms with van der Waals surface area (Å²) in [5.41, 5.74) is 0. The molecule has 326 valence electrons. The summed E-state index contributed by atoms with van der Waals surface area (Å²) in [6.45, 7) is 2.91. The summed E-state index contributed by atoms with van der Waals surface area (Å²) in [7, 11) is -4.66. The maximum atomic E-state index is 12.7. The summed E-state index contributed by atoms with van der Waals surface area (Å²) < 4.78 is 20.9. The van der Waals surface area contributed by atoms with Gasteiger partial charge in [-0.05, 0) is 12.8 Å². The van der Waals surface area contributed by atoms with Crippen LogP contribution in [0.2, 0.25) is 0 Å². The summed E-state index contributed by atoms with van der Waals surface area (Å²) in [6.07, 6.45) is 30.1. The van der Waals surface area contributed by atoms with Crippen LogP contribution in [0.5, 0.6) is 0 Å². The first-order valence-electron chi connectivity index (χ1n) is 22.4. The lowest BCUT2D eigenvalue weighted by Gasteiger charge is -2.23. The first kappa shape index (κ1) is 52.0. The number of Topliss-reactive ketones (excluding diaryl/α,β-unsaturated/α-hetero) is 2. The third-order valence-electron chi connectivity index (χ3n) is 10.3. The van der Waals surface area contributed by atoms with Gasteiger partial charge in [-0.1, -0.05) is 168 Å². The molecule has 2 N–H and O–H groups in total. The van der Waals surface area contributed by atoms with E-state index in [2.05, 4.69) is 19.2 Å². The van der Waals surface area contributed by atoms with Gasteiger partial charge in [-0.3, -0.25) is 24.0 Å². The van der Waals surface area contributed by atoms with Crippen LogP contribution in [0.4, 0.5) is 0 Å². The second-order valence-electron chi connectivity index (χ2n) is 15.5. The quantitative estimate of drug-likeness (QED) is 0.0262. The number of carbonyl (C=O) groups is 5. The standard InChI is InChI=1S/C43H78NO11P/c1-3-5-7-9-11-13-15-17-19-21-23-25-27-29-40(47)52-35-37(55-41(48)30-28-26-24-22-20-18-16-14-12-10-8-6-4-2)36-54-56(50,51)53-34-33-44-43(49)42-38(45)31-32-39(42)46/h37,42H,3-36H2,1-2H3,(H,44,49)(H,50,51). The number of ether oxygens (including phenoxy) is 2. The smallest absolute Gasteiger partial charge is 0.377 e. The van der Waals surface area contributed by atoms with E-state index in [1.54, 1.807) is 0 Å². The van der Waals surface area contributed by atoms with Gasteiger partial charge in [0.05, 0.1) is 0 Å². The molecule has 0 aromatic rings. The predicted molar refractivity (Wildman–Crippen MR) is 218 cm³/mol. The zero-order chi connectivity index (χ0) is 41.1. The number of unbranched alkanes of at least 4 members (excludes halogenated alkanes) is 24. The lowest BCUT2D eigenvalue weighted by Crippen LogP contribution is -2.38. The highest BCUT2D eigenvalue weighted by molar-refractivity contribution is 7.52. The molecular weight excluding hydrogens is 737 g/mol. The highest BCUT2D eigenvalue weighted by Crippen LogP contribution is 2.47. The molecule has 2 atom stereocenters. The van der Waals surface area contributed by atoms with E-state index in [9.17, 15) is 33.8 Å². The number of carbonyl (C=O) groups excluding carboxylic acids is 5. The van der Waals surface area contributed by atoms with Crippen molar-refractivity contribution in [1.82, 2.24) is 5.32 Å². The van der Waals surface area contributed by atoms with E-state index in [0.717, 1.165) is 38.5 Å². The molecule has 0 bridgehead atoms. The Morgan fingerprint density at radius 2 is 1.02 bits per heavy atom. The van der Waals surface area contributed by atoms with Gasteiger partial charge in [0.1, 0.15) is 19.8 Å². The number of phosphoric ester groups is 1. The fraction of sp³-hybridized carbons (Fsp3) is 0.884. The largest absolute Gasteiger partial charge is 0.606 e. The van der Waals surface area contributed by atoms with Crippen molar-refractivity contribution in [3.05, 3.63) is 0 Å². The molecule has 56 heavy (non-hydrogen) atoms. The molecule has 1 fully saturated rings. The summed E-state index contributed by atoms with van der Waals surface area (Å²) in [4.78, 5) is 83.7. The van der Waals surface area contributed by atoms with Crippen LogP contribution in [0.25, 0.3) is 0 Å². The minimum Gasteiger partial charge on any atom is -0.606 e. The number of rotatable bonds is 39. The van der Waals surface area contributed by atoms with Crippen LogP contribution in [0.1, 0.15) is 206 Å². The van der Waals surface area contributed by atoms with Crippen LogP contribution in [0.3, 0.4) is 0 Å². The van der Waals surface area contributed by atoms with E-state index in [-0.39, 0.29) is 38.8 Å². The van der Waals surface area contributed by atoms with Crippen molar-refractivity contribution in [2.24, 2.45) is 5.92 Å². The molecule has 0 aromatic heterocycles. The van der Waals surface area contributed by atoms with Gasteiger partial charge >= 0.3 is 20.1 Å². The van der Waals surface area contributed by atoms with Crippen molar-refractivity contribution in [3.8, 4) is 0 Å². The van der Waals surface area contributed by atoms with Gasteiger partial charge in [0.2, 0.25) is 5.91 Å². The molecule has 0 spiro atoms. The highest BCUT2D eigenvalue weighted by atomic mass is 31.2. The molecule has 1 aliphatic carbocycles. The average Bonchev–Trinajstić information content (AvgIpc) is 3.51. The van der Waals surface area contributed by atoms with E-state index in [1.165, 1.54) is 116 Å². The van der Waals surface area contributed by atoms with Gasteiger partial charge < -0.3 is 19.7 Å². The van der Waals surface area contributed by atoms with E-state index in [0.29, 0.717) is 12.8 Å².